The zero-order chi connectivity index (χ0) is 15.5. The average Bonchev–Trinajstić information content (AvgIpc) is 3.05. The summed E-state index contributed by atoms with van der Waals surface area (Å²) in [5, 5.41) is 2.95. The van der Waals surface area contributed by atoms with Crippen LogP contribution in [0, 0.1) is 5.92 Å². The van der Waals surface area contributed by atoms with Gasteiger partial charge in [0, 0.05) is 30.6 Å². The van der Waals surface area contributed by atoms with Crippen LogP contribution in [-0.2, 0) is 9.47 Å². The zero-order valence-electron chi connectivity index (χ0n) is 13.2. The topological polar surface area (TPSA) is 51.7 Å². The molecule has 2 atom stereocenters. The Morgan fingerprint density at radius 2 is 2.33 bits per heavy atom. The van der Waals surface area contributed by atoms with Gasteiger partial charge in [-0.2, -0.15) is 0 Å². The standard InChI is InChI=1S/C15H24N2O3S/c1-11(13-16-6-8-21-13)19-10-12-5-7-17(9-12)14(18)20-15(2,3)4/h6,8,11-12H,5,7,9-10H2,1-4H3/t11-,12-/m0/s1. The summed E-state index contributed by atoms with van der Waals surface area (Å²) < 4.78 is 11.3. The molecule has 118 valence electrons. The van der Waals surface area contributed by atoms with Crippen LogP contribution in [0.3, 0.4) is 0 Å². The predicted molar refractivity (Wildman–Crippen MR) is 82.4 cm³/mol. The SMILES string of the molecule is C[C@H](OC[C@H]1CCN(C(=O)OC(C)(C)C)C1)c1nccs1. The first-order valence-corrected chi connectivity index (χ1v) is 8.22. The molecule has 1 aliphatic rings. The van der Waals surface area contributed by atoms with Crippen LogP contribution in [0.4, 0.5) is 4.79 Å². The van der Waals surface area contributed by atoms with Gasteiger partial charge >= 0.3 is 6.09 Å². The van der Waals surface area contributed by atoms with E-state index in [0.29, 0.717) is 19.1 Å². The van der Waals surface area contributed by atoms with E-state index in [1.165, 1.54) is 0 Å². The molecule has 0 radical (unpaired) electrons. The summed E-state index contributed by atoms with van der Waals surface area (Å²) in [6.07, 6.45) is 2.54. The molecule has 0 aliphatic carbocycles. The quantitative estimate of drug-likeness (QED) is 0.854. The molecule has 1 aromatic heterocycles. The molecule has 0 unspecified atom stereocenters. The van der Waals surface area contributed by atoms with Crippen LogP contribution in [0.5, 0.6) is 0 Å². The van der Waals surface area contributed by atoms with Crippen molar-refractivity contribution < 1.29 is 14.3 Å². The van der Waals surface area contributed by atoms with Gasteiger partial charge in [0.25, 0.3) is 0 Å². The van der Waals surface area contributed by atoms with E-state index in [1.54, 1.807) is 22.4 Å². The van der Waals surface area contributed by atoms with Crippen LogP contribution in [0.25, 0.3) is 0 Å². The van der Waals surface area contributed by atoms with Crippen LogP contribution >= 0.6 is 11.3 Å². The van der Waals surface area contributed by atoms with E-state index in [0.717, 1.165) is 18.0 Å². The molecule has 2 heterocycles. The third-order valence-corrected chi connectivity index (χ3v) is 4.26. The first-order chi connectivity index (χ1) is 9.85. The van der Waals surface area contributed by atoms with Crippen molar-refractivity contribution in [1.82, 2.24) is 9.88 Å². The second-order valence-corrected chi connectivity index (χ2v) is 7.35. The Morgan fingerprint density at radius 3 is 2.95 bits per heavy atom. The summed E-state index contributed by atoms with van der Waals surface area (Å²) in [4.78, 5) is 18.0. The Labute approximate surface area is 130 Å². The van der Waals surface area contributed by atoms with Gasteiger partial charge in [-0.05, 0) is 34.1 Å². The van der Waals surface area contributed by atoms with E-state index in [1.807, 2.05) is 33.1 Å². The zero-order valence-corrected chi connectivity index (χ0v) is 14.0. The molecule has 1 aliphatic heterocycles. The normalized spacial score (nSPS) is 20.6. The summed E-state index contributed by atoms with van der Waals surface area (Å²) in [5.41, 5.74) is -0.439. The molecule has 0 N–H and O–H groups in total. The van der Waals surface area contributed by atoms with Crippen LogP contribution in [0.1, 0.15) is 45.2 Å². The highest BCUT2D eigenvalue weighted by Gasteiger charge is 2.30. The van der Waals surface area contributed by atoms with Gasteiger partial charge in [-0.1, -0.05) is 0 Å². The second kappa shape index (κ2) is 6.75. The van der Waals surface area contributed by atoms with Crippen molar-refractivity contribution in [3.05, 3.63) is 16.6 Å². The molecular formula is C15H24N2O3S. The van der Waals surface area contributed by atoms with Crippen LogP contribution in [-0.4, -0.2) is 41.3 Å². The number of amides is 1. The Morgan fingerprint density at radius 1 is 1.57 bits per heavy atom. The fourth-order valence-electron chi connectivity index (χ4n) is 2.25. The van der Waals surface area contributed by atoms with Crippen molar-refractivity contribution in [3.8, 4) is 0 Å². The van der Waals surface area contributed by atoms with Crippen molar-refractivity contribution >= 4 is 17.4 Å². The number of carbonyl (C=O) groups excluding carboxylic acids is 1. The fraction of sp³-hybridized carbons (Fsp3) is 0.733. The van der Waals surface area contributed by atoms with Crippen LogP contribution in [0.15, 0.2) is 11.6 Å². The number of hydrogen-bond donors (Lipinski definition) is 0. The van der Waals surface area contributed by atoms with E-state index in [-0.39, 0.29) is 12.2 Å². The summed E-state index contributed by atoms with van der Waals surface area (Å²) in [5.74, 6) is 0.375. The summed E-state index contributed by atoms with van der Waals surface area (Å²) >= 11 is 1.60. The molecule has 0 saturated carbocycles. The van der Waals surface area contributed by atoms with Gasteiger partial charge in [0.2, 0.25) is 0 Å². The Bertz CT molecular complexity index is 456. The number of ether oxygens (including phenoxy) is 2. The van der Waals surface area contributed by atoms with Crippen LogP contribution in [0.2, 0.25) is 0 Å². The van der Waals surface area contributed by atoms with Crippen LogP contribution < -0.4 is 0 Å². The summed E-state index contributed by atoms with van der Waals surface area (Å²) in [6.45, 7) is 9.78. The highest BCUT2D eigenvalue weighted by atomic mass is 32.1. The molecule has 0 aromatic carbocycles. The number of nitrogens with zero attached hydrogens (tertiary/aromatic N) is 2. The van der Waals surface area contributed by atoms with Crippen molar-refractivity contribution in [3.63, 3.8) is 0 Å². The van der Waals surface area contributed by atoms with E-state index in [9.17, 15) is 4.79 Å². The Balaban J connectivity index is 1.74. The number of thiazole rings is 1. The molecular weight excluding hydrogens is 288 g/mol. The molecule has 6 heteroatoms. The smallest absolute Gasteiger partial charge is 0.410 e. The van der Waals surface area contributed by atoms with E-state index in [4.69, 9.17) is 9.47 Å². The largest absolute Gasteiger partial charge is 0.444 e. The minimum Gasteiger partial charge on any atom is -0.444 e. The number of likely N-dealkylation sites (tertiary alicyclic amines) is 1. The third-order valence-electron chi connectivity index (χ3n) is 3.32. The summed E-state index contributed by atoms with van der Waals surface area (Å²) in [6, 6.07) is 0. The van der Waals surface area contributed by atoms with Crippen molar-refractivity contribution in [2.45, 2.75) is 45.8 Å². The predicted octanol–water partition coefficient (Wildman–Crippen LogP) is 3.48. The number of aromatic nitrogens is 1. The second-order valence-electron chi connectivity index (χ2n) is 6.43. The van der Waals surface area contributed by atoms with Gasteiger partial charge in [0.1, 0.15) is 16.7 Å². The maximum absolute atomic E-state index is 12.0. The van der Waals surface area contributed by atoms with Gasteiger partial charge in [-0.25, -0.2) is 9.78 Å². The number of carbonyl (C=O) groups is 1. The number of rotatable bonds is 4. The number of hydrogen-bond acceptors (Lipinski definition) is 5. The van der Waals surface area contributed by atoms with Crippen molar-refractivity contribution in [2.75, 3.05) is 19.7 Å². The van der Waals surface area contributed by atoms with Gasteiger partial charge in [0.05, 0.1) is 6.61 Å². The molecule has 2 rings (SSSR count). The third kappa shape index (κ3) is 4.97. The molecule has 1 saturated heterocycles. The minimum absolute atomic E-state index is 0.0144. The lowest BCUT2D eigenvalue weighted by Crippen LogP contribution is -2.35. The Hall–Kier alpha value is -1.14. The molecule has 21 heavy (non-hydrogen) atoms. The molecule has 1 aromatic rings. The molecule has 0 bridgehead atoms. The lowest BCUT2D eigenvalue weighted by atomic mass is 10.1. The molecule has 1 amide bonds. The van der Waals surface area contributed by atoms with Gasteiger partial charge < -0.3 is 14.4 Å². The first-order valence-electron chi connectivity index (χ1n) is 7.34. The lowest BCUT2D eigenvalue weighted by Gasteiger charge is -2.24. The Kier molecular flexibility index (Phi) is 5.22. The lowest BCUT2D eigenvalue weighted by molar-refractivity contribution is 0.0234. The van der Waals surface area contributed by atoms with Crippen molar-refractivity contribution in [2.24, 2.45) is 5.92 Å². The van der Waals surface area contributed by atoms with E-state index >= 15 is 0 Å². The fourth-order valence-corrected chi connectivity index (χ4v) is 2.89. The minimum atomic E-state index is -0.439. The van der Waals surface area contributed by atoms with Gasteiger partial charge in [-0.15, -0.1) is 11.3 Å². The highest BCUT2D eigenvalue weighted by molar-refractivity contribution is 7.09. The summed E-state index contributed by atoms with van der Waals surface area (Å²) in [7, 11) is 0. The molecule has 0 spiro atoms. The molecule has 5 nitrogen and oxygen atoms in total. The first kappa shape index (κ1) is 16.2. The highest BCUT2D eigenvalue weighted by Crippen LogP contribution is 2.24. The molecule has 1 fully saturated rings. The monoisotopic (exact) mass is 312 g/mol. The van der Waals surface area contributed by atoms with Gasteiger partial charge in [0.15, 0.2) is 0 Å². The maximum atomic E-state index is 12.0. The van der Waals surface area contributed by atoms with E-state index < -0.39 is 5.60 Å². The van der Waals surface area contributed by atoms with Gasteiger partial charge in [-0.3, -0.25) is 0 Å². The van der Waals surface area contributed by atoms with E-state index in [2.05, 4.69) is 4.98 Å². The maximum Gasteiger partial charge on any atom is 0.410 e. The van der Waals surface area contributed by atoms with Crippen molar-refractivity contribution in [1.29, 1.82) is 0 Å². The average molecular weight is 312 g/mol.